The summed E-state index contributed by atoms with van der Waals surface area (Å²) in [4.78, 5) is 23.3. The van der Waals surface area contributed by atoms with Gasteiger partial charge >= 0.3 is 6.03 Å². The molecule has 4 N–H and O–H groups in total. The number of anilines is 2. The van der Waals surface area contributed by atoms with Crippen LogP contribution in [0.15, 0.2) is 48.5 Å². The fourth-order valence-electron chi connectivity index (χ4n) is 1.51. The molecule has 0 spiro atoms. The molecule has 0 aliphatic heterocycles. The number of rotatable bonds is 2. The van der Waals surface area contributed by atoms with E-state index in [1.165, 1.54) is 36.4 Å². The van der Waals surface area contributed by atoms with Crippen molar-refractivity contribution in [1.29, 1.82) is 0 Å². The number of hydrogen-bond donors (Lipinski definition) is 3. The van der Waals surface area contributed by atoms with E-state index in [4.69, 9.17) is 5.73 Å². The summed E-state index contributed by atoms with van der Waals surface area (Å²) in [7, 11) is 0. The van der Waals surface area contributed by atoms with E-state index in [0.717, 1.165) is 0 Å². The van der Waals surface area contributed by atoms with Crippen LogP contribution in [0.3, 0.4) is 0 Å². The third-order valence-corrected chi connectivity index (χ3v) is 2.50. The van der Waals surface area contributed by atoms with Gasteiger partial charge in [-0.2, -0.15) is 0 Å². The monoisotopic (exact) mass is 273 g/mol. The van der Waals surface area contributed by atoms with Crippen molar-refractivity contribution in [1.82, 2.24) is 5.32 Å². The first-order chi connectivity index (χ1) is 9.54. The molecule has 0 saturated heterocycles. The quantitative estimate of drug-likeness (QED) is 0.734. The van der Waals surface area contributed by atoms with E-state index >= 15 is 0 Å². The van der Waals surface area contributed by atoms with E-state index in [1.54, 1.807) is 12.1 Å². The molecule has 102 valence electrons. The van der Waals surface area contributed by atoms with Crippen LogP contribution in [0.5, 0.6) is 0 Å². The topological polar surface area (TPSA) is 84.2 Å². The minimum atomic E-state index is -0.696. The highest BCUT2D eigenvalue weighted by Crippen LogP contribution is 2.08. The molecule has 0 radical (unpaired) electrons. The molecule has 2 rings (SSSR count). The summed E-state index contributed by atoms with van der Waals surface area (Å²) < 4.78 is 12.7. The first-order valence-corrected chi connectivity index (χ1v) is 5.78. The average molecular weight is 273 g/mol. The lowest BCUT2D eigenvalue weighted by molar-refractivity contribution is 0.0967. The van der Waals surface area contributed by atoms with Gasteiger partial charge in [0.1, 0.15) is 5.82 Å². The van der Waals surface area contributed by atoms with Crippen molar-refractivity contribution < 1.29 is 14.0 Å². The van der Waals surface area contributed by atoms with E-state index in [0.29, 0.717) is 16.9 Å². The second kappa shape index (κ2) is 5.83. The van der Waals surface area contributed by atoms with Crippen LogP contribution in [0, 0.1) is 5.82 Å². The van der Waals surface area contributed by atoms with Crippen LogP contribution in [0.2, 0.25) is 0 Å². The van der Waals surface area contributed by atoms with Gasteiger partial charge in [-0.25, -0.2) is 9.18 Å². The highest BCUT2D eigenvalue weighted by Gasteiger charge is 2.10. The lowest BCUT2D eigenvalue weighted by atomic mass is 10.2. The van der Waals surface area contributed by atoms with Gasteiger partial charge < -0.3 is 11.1 Å². The molecular formula is C14H12FN3O2. The van der Waals surface area contributed by atoms with Gasteiger partial charge in [-0.1, -0.05) is 0 Å². The van der Waals surface area contributed by atoms with Crippen molar-refractivity contribution >= 4 is 23.3 Å². The molecule has 6 heteroatoms. The van der Waals surface area contributed by atoms with Crippen LogP contribution in [0.25, 0.3) is 0 Å². The van der Waals surface area contributed by atoms with E-state index in [2.05, 4.69) is 10.6 Å². The summed E-state index contributed by atoms with van der Waals surface area (Å²) in [6.07, 6.45) is 0. The predicted molar refractivity (Wildman–Crippen MR) is 73.7 cm³/mol. The van der Waals surface area contributed by atoms with E-state index in [9.17, 15) is 14.0 Å². The molecular weight excluding hydrogens is 261 g/mol. The minimum absolute atomic E-state index is 0.313. The number of carbonyl (C=O) groups is 2. The van der Waals surface area contributed by atoms with Crippen LogP contribution in [-0.4, -0.2) is 11.9 Å². The molecule has 2 aromatic carbocycles. The molecule has 5 nitrogen and oxygen atoms in total. The molecule has 0 bridgehead atoms. The molecule has 0 fully saturated rings. The average Bonchev–Trinajstić information content (AvgIpc) is 2.42. The Morgan fingerprint density at radius 2 is 1.55 bits per heavy atom. The van der Waals surface area contributed by atoms with Crippen LogP contribution in [0.1, 0.15) is 10.4 Å². The fraction of sp³-hybridized carbons (Fsp3) is 0. The molecule has 20 heavy (non-hydrogen) atoms. The Kier molecular flexibility index (Phi) is 3.95. The number of benzene rings is 2. The highest BCUT2D eigenvalue weighted by molar-refractivity contribution is 6.08. The molecule has 0 heterocycles. The second-order valence-electron chi connectivity index (χ2n) is 4.04. The van der Waals surface area contributed by atoms with Gasteiger partial charge in [0.05, 0.1) is 0 Å². The Morgan fingerprint density at radius 3 is 2.15 bits per heavy atom. The van der Waals surface area contributed by atoms with E-state index < -0.39 is 17.8 Å². The molecule has 0 aliphatic rings. The summed E-state index contributed by atoms with van der Waals surface area (Å²) >= 11 is 0. The Hall–Kier alpha value is -2.89. The zero-order chi connectivity index (χ0) is 14.5. The van der Waals surface area contributed by atoms with Crippen LogP contribution < -0.4 is 16.4 Å². The maximum absolute atomic E-state index is 12.7. The smallest absolute Gasteiger partial charge is 0.326 e. The molecule has 0 atom stereocenters. The van der Waals surface area contributed by atoms with Gasteiger partial charge in [-0.05, 0) is 48.5 Å². The number of urea groups is 1. The summed E-state index contributed by atoms with van der Waals surface area (Å²) in [6.45, 7) is 0. The largest absolute Gasteiger partial charge is 0.399 e. The number of carbonyl (C=O) groups excluding carboxylic acids is 2. The second-order valence-corrected chi connectivity index (χ2v) is 4.04. The van der Waals surface area contributed by atoms with Crippen molar-refractivity contribution in [3.63, 3.8) is 0 Å². The SMILES string of the molecule is Nc1ccc(C(=O)NC(=O)Nc2ccc(F)cc2)cc1. The van der Waals surface area contributed by atoms with Gasteiger partial charge in [-0.3, -0.25) is 10.1 Å². The number of hydrogen-bond acceptors (Lipinski definition) is 3. The molecule has 0 unspecified atom stereocenters. The summed E-state index contributed by atoms with van der Waals surface area (Å²) in [5.41, 5.74) is 6.72. The number of nitrogens with two attached hydrogens (primary N) is 1. The summed E-state index contributed by atoms with van der Waals surface area (Å²) in [5.74, 6) is -0.960. The van der Waals surface area contributed by atoms with Gasteiger partial charge in [0.25, 0.3) is 5.91 Å². The molecule has 2 aromatic rings. The standard InChI is InChI=1S/C14H12FN3O2/c15-10-3-7-12(8-4-10)17-14(20)18-13(19)9-1-5-11(16)6-2-9/h1-8H,16H2,(H2,17,18,19,20). The summed E-state index contributed by atoms with van der Waals surface area (Å²) in [6, 6.07) is 10.6. The zero-order valence-corrected chi connectivity index (χ0v) is 10.4. The third-order valence-electron chi connectivity index (χ3n) is 2.50. The highest BCUT2D eigenvalue weighted by atomic mass is 19.1. The van der Waals surface area contributed by atoms with Crippen LogP contribution in [-0.2, 0) is 0 Å². The molecule has 3 amide bonds. The Balaban J connectivity index is 1.95. The lowest BCUT2D eigenvalue weighted by Crippen LogP contribution is -2.34. The first-order valence-electron chi connectivity index (χ1n) is 5.78. The van der Waals surface area contributed by atoms with E-state index in [-0.39, 0.29) is 0 Å². The number of imide groups is 1. The van der Waals surface area contributed by atoms with Crippen molar-refractivity contribution in [3.05, 3.63) is 59.9 Å². The Bertz CT molecular complexity index is 624. The number of nitrogens with one attached hydrogen (secondary N) is 2. The van der Waals surface area contributed by atoms with E-state index in [1.807, 2.05) is 0 Å². The lowest BCUT2D eigenvalue weighted by Gasteiger charge is -2.06. The van der Waals surface area contributed by atoms with Gasteiger partial charge in [0.2, 0.25) is 0 Å². The molecule has 0 aliphatic carbocycles. The third kappa shape index (κ3) is 3.55. The number of nitrogen functional groups attached to an aromatic ring is 1. The molecule has 0 aromatic heterocycles. The molecule has 0 saturated carbocycles. The van der Waals surface area contributed by atoms with Gasteiger partial charge in [-0.15, -0.1) is 0 Å². The maximum Gasteiger partial charge on any atom is 0.326 e. The summed E-state index contributed by atoms with van der Waals surface area (Å²) in [5, 5.41) is 4.57. The van der Waals surface area contributed by atoms with Crippen molar-refractivity contribution in [2.45, 2.75) is 0 Å². The number of halogens is 1. The van der Waals surface area contributed by atoms with Gasteiger partial charge in [0, 0.05) is 16.9 Å². The maximum atomic E-state index is 12.7. The number of amides is 3. The van der Waals surface area contributed by atoms with Gasteiger partial charge in [0.15, 0.2) is 0 Å². The first kappa shape index (κ1) is 13.5. The van der Waals surface area contributed by atoms with Crippen molar-refractivity contribution in [2.75, 3.05) is 11.1 Å². The van der Waals surface area contributed by atoms with Crippen molar-refractivity contribution in [2.24, 2.45) is 0 Å². The predicted octanol–water partition coefficient (Wildman–Crippen LogP) is 2.37. The normalized spacial score (nSPS) is 9.85. The van der Waals surface area contributed by atoms with Crippen LogP contribution >= 0.6 is 0 Å². The Labute approximate surface area is 114 Å². The fourth-order valence-corrected chi connectivity index (χ4v) is 1.51. The van der Waals surface area contributed by atoms with Crippen LogP contribution in [0.4, 0.5) is 20.6 Å². The zero-order valence-electron chi connectivity index (χ0n) is 10.4. The Morgan fingerprint density at radius 1 is 0.950 bits per heavy atom. The van der Waals surface area contributed by atoms with Crippen molar-refractivity contribution in [3.8, 4) is 0 Å². The minimum Gasteiger partial charge on any atom is -0.399 e.